The highest BCUT2D eigenvalue weighted by atomic mass is 16.3. The first-order chi connectivity index (χ1) is 8.70. The Morgan fingerprint density at radius 3 is 2.50 bits per heavy atom. The number of nitrogens with one attached hydrogen (secondary N) is 1. The van der Waals surface area contributed by atoms with Crippen molar-refractivity contribution >= 4 is 0 Å². The molecule has 4 atom stereocenters. The maximum atomic E-state index is 9.57. The molecule has 1 aliphatic rings. The fraction of sp³-hybridized carbons (Fsp3) is 0.625. The van der Waals surface area contributed by atoms with Gasteiger partial charge in [-0.15, -0.1) is 0 Å². The molecule has 1 aromatic rings. The van der Waals surface area contributed by atoms with Crippen LogP contribution in [0, 0.1) is 11.8 Å². The highest BCUT2D eigenvalue weighted by Crippen LogP contribution is 2.30. The van der Waals surface area contributed by atoms with Gasteiger partial charge in [-0.25, -0.2) is 0 Å². The minimum Gasteiger partial charge on any atom is -0.394 e. The van der Waals surface area contributed by atoms with Crippen molar-refractivity contribution in [3.8, 4) is 0 Å². The zero-order valence-corrected chi connectivity index (χ0v) is 11.5. The van der Waals surface area contributed by atoms with Crippen LogP contribution in [0.5, 0.6) is 0 Å². The van der Waals surface area contributed by atoms with Crippen molar-refractivity contribution in [3.05, 3.63) is 35.9 Å². The summed E-state index contributed by atoms with van der Waals surface area (Å²) >= 11 is 0. The Labute approximate surface area is 110 Å². The third-order valence-electron chi connectivity index (χ3n) is 4.42. The number of aliphatic hydroxyl groups is 1. The number of benzene rings is 1. The van der Waals surface area contributed by atoms with Gasteiger partial charge in [0.1, 0.15) is 0 Å². The fourth-order valence-corrected chi connectivity index (χ4v) is 2.92. The third-order valence-corrected chi connectivity index (χ3v) is 4.42. The zero-order valence-electron chi connectivity index (χ0n) is 11.5. The Morgan fingerprint density at radius 1 is 1.17 bits per heavy atom. The molecule has 2 rings (SSSR count). The fourth-order valence-electron chi connectivity index (χ4n) is 2.92. The van der Waals surface area contributed by atoms with E-state index in [0.717, 1.165) is 11.8 Å². The van der Waals surface area contributed by atoms with Gasteiger partial charge in [0.05, 0.1) is 12.6 Å². The van der Waals surface area contributed by atoms with Gasteiger partial charge in [0.2, 0.25) is 0 Å². The maximum Gasteiger partial charge on any atom is 0.0626 e. The topological polar surface area (TPSA) is 32.3 Å². The average molecular weight is 247 g/mol. The molecule has 2 heteroatoms. The van der Waals surface area contributed by atoms with E-state index in [1.165, 1.54) is 24.8 Å². The van der Waals surface area contributed by atoms with Crippen molar-refractivity contribution < 1.29 is 5.11 Å². The van der Waals surface area contributed by atoms with E-state index >= 15 is 0 Å². The molecule has 2 N–H and O–H groups in total. The molecule has 0 saturated heterocycles. The molecule has 1 aliphatic carbocycles. The van der Waals surface area contributed by atoms with Crippen LogP contribution in [0.15, 0.2) is 30.3 Å². The number of hydrogen-bond acceptors (Lipinski definition) is 2. The van der Waals surface area contributed by atoms with Crippen LogP contribution in [0.25, 0.3) is 0 Å². The molecule has 0 spiro atoms. The highest BCUT2D eigenvalue weighted by Gasteiger charge is 2.26. The third kappa shape index (κ3) is 3.33. The van der Waals surface area contributed by atoms with Crippen LogP contribution in [0.1, 0.15) is 44.7 Å². The van der Waals surface area contributed by atoms with Crippen molar-refractivity contribution in [2.45, 2.75) is 45.2 Å². The summed E-state index contributed by atoms with van der Waals surface area (Å²) in [4.78, 5) is 0. The lowest BCUT2D eigenvalue weighted by Crippen LogP contribution is -2.39. The minimum atomic E-state index is 0.0804. The second-order valence-corrected chi connectivity index (χ2v) is 5.78. The predicted octanol–water partition coefficient (Wildman–Crippen LogP) is 3.13. The second-order valence-electron chi connectivity index (χ2n) is 5.78. The Hall–Kier alpha value is -0.860. The van der Waals surface area contributed by atoms with E-state index in [-0.39, 0.29) is 12.6 Å². The largest absolute Gasteiger partial charge is 0.394 e. The van der Waals surface area contributed by atoms with E-state index in [1.807, 2.05) is 18.2 Å². The molecular weight excluding hydrogens is 222 g/mol. The highest BCUT2D eigenvalue weighted by molar-refractivity contribution is 5.19. The summed E-state index contributed by atoms with van der Waals surface area (Å²) in [6.45, 7) is 4.86. The van der Waals surface area contributed by atoms with E-state index in [2.05, 4.69) is 31.3 Å². The second kappa shape index (κ2) is 6.35. The lowest BCUT2D eigenvalue weighted by Gasteiger charge is -2.34. The van der Waals surface area contributed by atoms with Gasteiger partial charge in [-0.3, -0.25) is 0 Å². The van der Waals surface area contributed by atoms with Crippen LogP contribution in [0.2, 0.25) is 0 Å². The van der Waals surface area contributed by atoms with Crippen LogP contribution >= 0.6 is 0 Å². The molecule has 3 unspecified atom stereocenters. The maximum absolute atomic E-state index is 9.57. The molecule has 0 amide bonds. The predicted molar refractivity (Wildman–Crippen MR) is 75.4 cm³/mol. The van der Waals surface area contributed by atoms with E-state index in [0.29, 0.717) is 6.04 Å². The van der Waals surface area contributed by atoms with Crippen molar-refractivity contribution in [2.75, 3.05) is 6.61 Å². The minimum absolute atomic E-state index is 0.0804. The van der Waals surface area contributed by atoms with E-state index < -0.39 is 0 Å². The van der Waals surface area contributed by atoms with Crippen LogP contribution in [-0.2, 0) is 0 Å². The van der Waals surface area contributed by atoms with Gasteiger partial charge in [-0.2, -0.15) is 0 Å². The molecule has 0 bridgehead atoms. The lowest BCUT2D eigenvalue weighted by molar-refractivity contribution is 0.183. The summed E-state index contributed by atoms with van der Waals surface area (Å²) in [5.41, 5.74) is 1.19. The first-order valence-electron chi connectivity index (χ1n) is 7.12. The Kier molecular flexibility index (Phi) is 4.79. The van der Waals surface area contributed by atoms with Gasteiger partial charge < -0.3 is 10.4 Å². The molecule has 1 fully saturated rings. The van der Waals surface area contributed by atoms with Crippen molar-refractivity contribution in [3.63, 3.8) is 0 Å². The molecule has 1 aromatic carbocycles. The standard InChI is InChI=1S/C16H25NO/c1-12-8-9-15(10-13(12)2)17-16(11-18)14-6-4-3-5-7-14/h3-7,12-13,15-18H,8-11H2,1-2H3/t12?,13?,15?,16-/m0/s1. The summed E-state index contributed by atoms with van der Waals surface area (Å²) in [5.74, 6) is 1.62. The van der Waals surface area contributed by atoms with Crippen LogP contribution < -0.4 is 5.32 Å². The summed E-state index contributed by atoms with van der Waals surface area (Å²) in [6, 6.07) is 10.9. The van der Waals surface area contributed by atoms with E-state index in [1.54, 1.807) is 0 Å². The molecule has 1 saturated carbocycles. The molecule has 0 heterocycles. The van der Waals surface area contributed by atoms with Crippen molar-refractivity contribution in [1.29, 1.82) is 0 Å². The first kappa shape index (κ1) is 13.6. The molecule has 18 heavy (non-hydrogen) atoms. The first-order valence-corrected chi connectivity index (χ1v) is 7.12. The van der Waals surface area contributed by atoms with Gasteiger partial charge >= 0.3 is 0 Å². The van der Waals surface area contributed by atoms with Crippen molar-refractivity contribution in [2.24, 2.45) is 11.8 Å². The van der Waals surface area contributed by atoms with E-state index in [4.69, 9.17) is 0 Å². The van der Waals surface area contributed by atoms with E-state index in [9.17, 15) is 5.11 Å². The van der Waals surface area contributed by atoms with Crippen LogP contribution in [-0.4, -0.2) is 17.8 Å². The monoisotopic (exact) mass is 247 g/mol. The molecule has 0 radical (unpaired) electrons. The van der Waals surface area contributed by atoms with Gasteiger partial charge in [0.25, 0.3) is 0 Å². The van der Waals surface area contributed by atoms with Gasteiger partial charge in [0, 0.05) is 6.04 Å². The number of hydrogen-bond donors (Lipinski definition) is 2. The molecule has 0 aliphatic heterocycles. The molecular formula is C16H25NO. The summed E-state index contributed by atoms with van der Waals surface area (Å²) < 4.78 is 0. The molecule has 2 nitrogen and oxygen atoms in total. The summed E-state index contributed by atoms with van der Waals surface area (Å²) in [7, 11) is 0. The quantitative estimate of drug-likeness (QED) is 0.856. The van der Waals surface area contributed by atoms with Gasteiger partial charge in [-0.1, -0.05) is 44.2 Å². The SMILES string of the molecule is CC1CCC(N[C@@H](CO)c2ccccc2)CC1C. The molecule has 0 aromatic heterocycles. The molecule has 100 valence electrons. The Bertz CT molecular complexity index is 351. The summed E-state index contributed by atoms with van der Waals surface area (Å²) in [5, 5.41) is 13.2. The van der Waals surface area contributed by atoms with Gasteiger partial charge in [0.15, 0.2) is 0 Å². The zero-order chi connectivity index (χ0) is 13.0. The average Bonchev–Trinajstić information content (AvgIpc) is 2.41. The number of aliphatic hydroxyl groups excluding tert-OH is 1. The smallest absolute Gasteiger partial charge is 0.0626 e. The normalized spacial score (nSPS) is 30.1. The summed E-state index contributed by atoms with van der Waals surface area (Å²) in [6.07, 6.45) is 3.76. The Balaban J connectivity index is 1.95. The lowest BCUT2D eigenvalue weighted by atomic mass is 9.79. The van der Waals surface area contributed by atoms with Crippen LogP contribution in [0.3, 0.4) is 0 Å². The van der Waals surface area contributed by atoms with Crippen molar-refractivity contribution in [1.82, 2.24) is 5.32 Å². The number of rotatable bonds is 4. The van der Waals surface area contributed by atoms with Crippen LogP contribution in [0.4, 0.5) is 0 Å². The van der Waals surface area contributed by atoms with Gasteiger partial charge in [-0.05, 0) is 36.7 Å². The Morgan fingerprint density at radius 2 is 1.89 bits per heavy atom.